The maximum absolute atomic E-state index is 3.73. The lowest BCUT2D eigenvalue weighted by molar-refractivity contribution is 0.565. The minimum Gasteiger partial charge on any atom is -0.317 e. The Kier molecular flexibility index (Phi) is 12.8. The van der Waals surface area contributed by atoms with Crippen LogP contribution in [0.3, 0.4) is 0 Å². The summed E-state index contributed by atoms with van der Waals surface area (Å²) in [5, 5.41) is 6.71. The van der Waals surface area contributed by atoms with Crippen molar-refractivity contribution in [1.82, 2.24) is 10.6 Å². The largest absolute Gasteiger partial charge is 0.317 e. The minimum atomic E-state index is 0.852. The summed E-state index contributed by atoms with van der Waals surface area (Å²) in [5.74, 6) is 0. The molecule has 0 bridgehead atoms. The van der Waals surface area contributed by atoms with Gasteiger partial charge in [0, 0.05) is 0 Å². The highest BCUT2D eigenvalue weighted by atomic mass is 14.9. The Balaban J connectivity index is 2.78. The predicted octanol–water partition coefficient (Wildman–Crippen LogP) is 2.36. The first-order valence-corrected chi connectivity index (χ1v) is 6.12. The number of hydrogen-bond donors (Lipinski definition) is 2. The van der Waals surface area contributed by atoms with Gasteiger partial charge in [-0.25, -0.2) is 0 Å². The molecule has 2 heteroatoms. The Hall–Kier alpha value is -0.0800. The maximum atomic E-state index is 3.73. The van der Waals surface area contributed by atoms with Crippen molar-refractivity contribution >= 4 is 0 Å². The van der Waals surface area contributed by atoms with Crippen LogP contribution >= 0.6 is 0 Å². The van der Waals surface area contributed by atoms with E-state index in [9.17, 15) is 0 Å². The SMILES string of the molecule is [CH2]CNCCCCNCCCCCC. The molecular weight excluding hydrogens is 172 g/mol. The van der Waals surface area contributed by atoms with Crippen molar-refractivity contribution in [2.45, 2.75) is 45.4 Å². The van der Waals surface area contributed by atoms with E-state index in [4.69, 9.17) is 0 Å². The summed E-state index contributed by atoms with van der Waals surface area (Å²) in [6, 6.07) is 0. The summed E-state index contributed by atoms with van der Waals surface area (Å²) in [4.78, 5) is 0. The van der Waals surface area contributed by atoms with Gasteiger partial charge in [-0.2, -0.15) is 0 Å². The van der Waals surface area contributed by atoms with Crippen molar-refractivity contribution in [2.75, 3.05) is 26.2 Å². The molecule has 0 saturated carbocycles. The molecule has 2 nitrogen and oxygen atoms in total. The van der Waals surface area contributed by atoms with Gasteiger partial charge in [0.05, 0.1) is 0 Å². The zero-order chi connectivity index (χ0) is 10.5. The van der Waals surface area contributed by atoms with Gasteiger partial charge in [0.25, 0.3) is 0 Å². The highest BCUT2D eigenvalue weighted by Crippen LogP contribution is 1.96. The Labute approximate surface area is 89.9 Å². The zero-order valence-electron chi connectivity index (χ0n) is 9.78. The molecule has 0 saturated heterocycles. The maximum Gasteiger partial charge on any atom is -0.00484 e. The van der Waals surface area contributed by atoms with Gasteiger partial charge < -0.3 is 10.6 Å². The summed E-state index contributed by atoms with van der Waals surface area (Å²) < 4.78 is 0. The lowest BCUT2D eigenvalue weighted by Gasteiger charge is -2.04. The summed E-state index contributed by atoms with van der Waals surface area (Å²) in [7, 11) is 0. The molecule has 0 aliphatic carbocycles. The summed E-state index contributed by atoms with van der Waals surface area (Å²) in [6.07, 6.45) is 7.97. The fourth-order valence-electron chi connectivity index (χ4n) is 1.43. The van der Waals surface area contributed by atoms with Crippen molar-refractivity contribution in [3.8, 4) is 0 Å². The van der Waals surface area contributed by atoms with Gasteiger partial charge in [-0.3, -0.25) is 0 Å². The van der Waals surface area contributed by atoms with Gasteiger partial charge in [-0.15, -0.1) is 0 Å². The lowest BCUT2D eigenvalue weighted by Crippen LogP contribution is -2.19. The molecule has 0 aliphatic rings. The van der Waals surface area contributed by atoms with Gasteiger partial charge in [-0.05, 0) is 52.4 Å². The molecule has 0 heterocycles. The van der Waals surface area contributed by atoms with Crippen molar-refractivity contribution < 1.29 is 0 Å². The zero-order valence-corrected chi connectivity index (χ0v) is 9.78. The first-order valence-electron chi connectivity index (χ1n) is 6.12. The first kappa shape index (κ1) is 13.9. The van der Waals surface area contributed by atoms with Crippen LogP contribution < -0.4 is 10.6 Å². The molecular formula is C12H27N2. The molecule has 14 heavy (non-hydrogen) atoms. The molecule has 0 rings (SSSR count). The van der Waals surface area contributed by atoms with E-state index in [1.165, 1.54) is 51.6 Å². The Morgan fingerprint density at radius 1 is 0.786 bits per heavy atom. The lowest BCUT2D eigenvalue weighted by atomic mass is 10.2. The smallest absolute Gasteiger partial charge is 0.00484 e. The van der Waals surface area contributed by atoms with Crippen LogP contribution in [0.15, 0.2) is 0 Å². The van der Waals surface area contributed by atoms with Crippen LogP contribution in [0.1, 0.15) is 45.4 Å². The third-order valence-electron chi connectivity index (χ3n) is 2.34. The van der Waals surface area contributed by atoms with E-state index >= 15 is 0 Å². The standard InChI is InChI=1S/C12H27N2/c1-3-5-6-7-11-14-12-9-8-10-13-4-2/h13-14H,2-12H2,1H3. The molecule has 0 atom stereocenters. The topological polar surface area (TPSA) is 24.1 Å². The average Bonchev–Trinajstić information content (AvgIpc) is 2.21. The molecule has 0 amide bonds. The van der Waals surface area contributed by atoms with Gasteiger partial charge in [-0.1, -0.05) is 26.2 Å². The molecule has 0 fully saturated rings. The van der Waals surface area contributed by atoms with E-state index in [1.807, 2.05) is 0 Å². The van der Waals surface area contributed by atoms with Crippen molar-refractivity contribution in [3.63, 3.8) is 0 Å². The van der Waals surface area contributed by atoms with Gasteiger partial charge in [0.15, 0.2) is 0 Å². The average molecular weight is 199 g/mol. The van der Waals surface area contributed by atoms with Crippen molar-refractivity contribution in [3.05, 3.63) is 6.92 Å². The van der Waals surface area contributed by atoms with Crippen LogP contribution in [-0.4, -0.2) is 26.2 Å². The highest BCUT2D eigenvalue weighted by molar-refractivity contribution is 4.52. The van der Waals surface area contributed by atoms with Crippen LogP contribution in [0.5, 0.6) is 0 Å². The van der Waals surface area contributed by atoms with E-state index in [1.54, 1.807) is 0 Å². The van der Waals surface area contributed by atoms with E-state index in [2.05, 4.69) is 24.5 Å². The van der Waals surface area contributed by atoms with Crippen molar-refractivity contribution in [2.24, 2.45) is 0 Å². The molecule has 0 aliphatic heterocycles. The molecule has 2 N–H and O–H groups in total. The fraction of sp³-hybridized carbons (Fsp3) is 0.917. The molecule has 0 aromatic heterocycles. The Morgan fingerprint density at radius 3 is 1.93 bits per heavy atom. The molecule has 0 aromatic carbocycles. The number of hydrogen-bond acceptors (Lipinski definition) is 2. The third kappa shape index (κ3) is 11.9. The van der Waals surface area contributed by atoms with Crippen LogP contribution in [0, 0.1) is 6.92 Å². The quantitative estimate of drug-likeness (QED) is 0.499. The summed E-state index contributed by atoms with van der Waals surface area (Å²) in [5.41, 5.74) is 0. The Morgan fingerprint density at radius 2 is 1.36 bits per heavy atom. The molecule has 0 spiro atoms. The van der Waals surface area contributed by atoms with Crippen LogP contribution in [0.25, 0.3) is 0 Å². The second-order valence-corrected chi connectivity index (χ2v) is 3.77. The van der Waals surface area contributed by atoms with Gasteiger partial charge >= 0.3 is 0 Å². The van der Waals surface area contributed by atoms with E-state index < -0.39 is 0 Å². The fourth-order valence-corrected chi connectivity index (χ4v) is 1.43. The van der Waals surface area contributed by atoms with E-state index in [0.29, 0.717) is 0 Å². The number of nitrogens with one attached hydrogen (secondary N) is 2. The van der Waals surface area contributed by atoms with Crippen LogP contribution in [0.4, 0.5) is 0 Å². The van der Waals surface area contributed by atoms with E-state index in [0.717, 1.165) is 13.1 Å². The molecule has 1 radical (unpaired) electrons. The second-order valence-electron chi connectivity index (χ2n) is 3.77. The molecule has 0 aromatic rings. The molecule has 85 valence electrons. The normalized spacial score (nSPS) is 10.7. The van der Waals surface area contributed by atoms with E-state index in [-0.39, 0.29) is 0 Å². The first-order chi connectivity index (χ1) is 6.91. The molecule has 0 unspecified atom stereocenters. The van der Waals surface area contributed by atoms with Crippen LogP contribution in [0.2, 0.25) is 0 Å². The highest BCUT2D eigenvalue weighted by Gasteiger charge is 1.89. The van der Waals surface area contributed by atoms with Gasteiger partial charge in [0.1, 0.15) is 0 Å². The summed E-state index contributed by atoms with van der Waals surface area (Å²) >= 11 is 0. The third-order valence-corrected chi connectivity index (χ3v) is 2.34. The predicted molar refractivity (Wildman–Crippen MR) is 64.5 cm³/mol. The van der Waals surface area contributed by atoms with Crippen LogP contribution in [-0.2, 0) is 0 Å². The number of rotatable bonds is 11. The summed E-state index contributed by atoms with van der Waals surface area (Å²) in [6.45, 7) is 10.3. The Bertz CT molecular complexity index is 82.3. The second kappa shape index (κ2) is 12.9. The number of unbranched alkanes of at least 4 members (excludes halogenated alkanes) is 4. The van der Waals surface area contributed by atoms with Gasteiger partial charge in [0.2, 0.25) is 0 Å². The minimum absolute atomic E-state index is 0.852. The van der Waals surface area contributed by atoms with Crippen molar-refractivity contribution in [1.29, 1.82) is 0 Å². The monoisotopic (exact) mass is 199 g/mol.